The van der Waals surface area contributed by atoms with Gasteiger partial charge in [-0.15, -0.1) is 11.3 Å². The fourth-order valence-electron chi connectivity index (χ4n) is 10.9. The van der Waals surface area contributed by atoms with E-state index in [9.17, 15) is 0 Å². The SMILES string of the molecule is CC1(C)c2ccccc2-c2ccc(-c3ccccc3N(c3ccc(-c4cccc5c4C(C)(C)c4ccccc4-5)cc3)c3ccc(-c4cccc5c4sc4ccccc45)cc3)cc21. The lowest BCUT2D eigenvalue weighted by atomic mass is 9.79. The van der Waals surface area contributed by atoms with E-state index in [4.69, 9.17) is 0 Å². The van der Waals surface area contributed by atoms with E-state index in [0.717, 1.165) is 17.1 Å². The summed E-state index contributed by atoms with van der Waals surface area (Å²) in [7, 11) is 0. The van der Waals surface area contributed by atoms with E-state index in [-0.39, 0.29) is 10.8 Å². The zero-order valence-corrected chi connectivity index (χ0v) is 36.2. The summed E-state index contributed by atoms with van der Waals surface area (Å²) in [6.07, 6.45) is 0. The smallest absolute Gasteiger partial charge is 0.0540 e. The van der Waals surface area contributed by atoms with E-state index in [1.165, 1.54) is 98.1 Å². The molecule has 2 aliphatic rings. The molecule has 0 radical (unpaired) electrons. The van der Waals surface area contributed by atoms with Crippen LogP contribution in [0.15, 0.2) is 200 Å². The molecule has 1 heterocycles. The summed E-state index contributed by atoms with van der Waals surface area (Å²) in [5, 5.41) is 2.64. The second-order valence-corrected chi connectivity index (χ2v) is 19.1. The highest BCUT2D eigenvalue weighted by atomic mass is 32.1. The minimum absolute atomic E-state index is 0.0902. The largest absolute Gasteiger partial charge is 0.310 e. The maximum absolute atomic E-state index is 2.45. The Kier molecular flexibility index (Phi) is 8.17. The monoisotopic (exact) mass is 811 g/mol. The van der Waals surface area contributed by atoms with Crippen molar-refractivity contribution in [3.8, 4) is 55.6 Å². The van der Waals surface area contributed by atoms with E-state index in [0.29, 0.717) is 0 Å². The van der Waals surface area contributed by atoms with Crippen LogP contribution in [0.2, 0.25) is 0 Å². The fraction of sp³-hybridized carbons (Fsp3) is 0.100. The first kappa shape index (κ1) is 36.8. The molecular weight excluding hydrogens is 767 g/mol. The van der Waals surface area contributed by atoms with Gasteiger partial charge >= 0.3 is 0 Å². The van der Waals surface area contributed by atoms with Crippen LogP contribution in [0, 0.1) is 0 Å². The molecule has 0 saturated heterocycles. The zero-order valence-electron chi connectivity index (χ0n) is 35.4. The highest BCUT2D eigenvalue weighted by Crippen LogP contribution is 2.53. The summed E-state index contributed by atoms with van der Waals surface area (Å²) >= 11 is 1.88. The lowest BCUT2D eigenvalue weighted by Gasteiger charge is -2.29. The maximum Gasteiger partial charge on any atom is 0.0540 e. The first-order valence-corrected chi connectivity index (χ1v) is 22.6. The molecule has 10 aromatic rings. The molecule has 9 aromatic carbocycles. The zero-order chi connectivity index (χ0) is 41.7. The van der Waals surface area contributed by atoms with Gasteiger partial charge in [0.25, 0.3) is 0 Å². The number of fused-ring (bicyclic) bond motifs is 9. The Morgan fingerprint density at radius 3 is 1.60 bits per heavy atom. The Morgan fingerprint density at radius 2 is 0.855 bits per heavy atom. The van der Waals surface area contributed by atoms with E-state index in [1.807, 2.05) is 11.3 Å². The predicted molar refractivity (Wildman–Crippen MR) is 265 cm³/mol. The average Bonchev–Trinajstić information content (AvgIpc) is 3.90. The van der Waals surface area contributed by atoms with Gasteiger partial charge in [-0.05, 0) is 115 Å². The maximum atomic E-state index is 2.45. The summed E-state index contributed by atoms with van der Waals surface area (Å²) in [6, 6.07) is 74.7. The summed E-state index contributed by atoms with van der Waals surface area (Å²) in [5.74, 6) is 0. The Balaban J connectivity index is 0.994. The Labute approximate surface area is 368 Å². The van der Waals surface area contributed by atoms with Gasteiger partial charge in [0, 0.05) is 47.9 Å². The van der Waals surface area contributed by atoms with Gasteiger partial charge < -0.3 is 4.90 Å². The number of anilines is 3. The highest BCUT2D eigenvalue weighted by molar-refractivity contribution is 7.26. The third-order valence-corrected chi connectivity index (χ3v) is 15.1. The molecule has 2 heteroatoms. The number of rotatable bonds is 6. The minimum Gasteiger partial charge on any atom is -0.310 e. The molecule has 0 spiro atoms. The Hall–Kier alpha value is -7.00. The van der Waals surface area contributed by atoms with Crippen molar-refractivity contribution in [1.29, 1.82) is 0 Å². The van der Waals surface area contributed by atoms with E-state index < -0.39 is 0 Å². The quantitative estimate of drug-likeness (QED) is 0.162. The number of hydrogen-bond acceptors (Lipinski definition) is 2. The van der Waals surface area contributed by atoms with E-state index in [1.54, 1.807) is 0 Å². The molecular formula is C60H45NS. The Bertz CT molecular complexity index is 3400. The van der Waals surface area contributed by atoms with Crippen LogP contribution in [0.5, 0.6) is 0 Å². The first-order valence-electron chi connectivity index (χ1n) is 21.8. The van der Waals surface area contributed by atoms with Crippen LogP contribution >= 0.6 is 11.3 Å². The van der Waals surface area contributed by atoms with Gasteiger partial charge in [0.15, 0.2) is 0 Å². The summed E-state index contributed by atoms with van der Waals surface area (Å²) < 4.78 is 2.66. The van der Waals surface area contributed by atoms with Crippen molar-refractivity contribution in [2.75, 3.05) is 4.90 Å². The molecule has 12 rings (SSSR count). The van der Waals surface area contributed by atoms with Crippen molar-refractivity contribution in [2.24, 2.45) is 0 Å². The Morgan fingerprint density at radius 1 is 0.355 bits per heavy atom. The van der Waals surface area contributed by atoms with Crippen LogP contribution in [-0.2, 0) is 10.8 Å². The van der Waals surface area contributed by atoms with Crippen molar-refractivity contribution in [2.45, 2.75) is 38.5 Å². The molecule has 296 valence electrons. The van der Waals surface area contributed by atoms with Gasteiger partial charge in [-0.2, -0.15) is 0 Å². The van der Waals surface area contributed by atoms with Crippen LogP contribution in [-0.4, -0.2) is 0 Å². The van der Waals surface area contributed by atoms with Crippen molar-refractivity contribution in [1.82, 2.24) is 0 Å². The van der Waals surface area contributed by atoms with Gasteiger partial charge in [0.2, 0.25) is 0 Å². The van der Waals surface area contributed by atoms with Crippen molar-refractivity contribution < 1.29 is 0 Å². The standard InChI is InChI=1S/C60H45NS/c1-59(2)52-23-9-5-16-46(52)48-36-31-40(37-54(48)59)43-15-7-11-25-55(43)61(42-34-29-39(30-35-42)45-20-14-22-51-49-18-8-12-26-56(49)62-58(45)51)41-32-27-38(28-33-41)44-19-13-21-50-47-17-6-10-24-53(47)60(3,4)57(44)50/h5-37H,1-4H3. The molecule has 1 aromatic heterocycles. The van der Waals surface area contributed by atoms with Gasteiger partial charge in [-0.1, -0.05) is 185 Å². The molecule has 0 amide bonds. The fourth-order valence-corrected chi connectivity index (χ4v) is 12.1. The predicted octanol–water partition coefficient (Wildman–Crippen LogP) is 17.1. The number of thiophene rings is 1. The summed E-state index contributed by atoms with van der Waals surface area (Å²) in [4.78, 5) is 2.45. The summed E-state index contributed by atoms with van der Waals surface area (Å²) in [6.45, 7) is 9.48. The second-order valence-electron chi connectivity index (χ2n) is 18.1. The second kappa shape index (κ2) is 13.8. The lowest BCUT2D eigenvalue weighted by molar-refractivity contribution is 0.660. The molecule has 0 aliphatic heterocycles. The number of hydrogen-bond donors (Lipinski definition) is 0. The van der Waals surface area contributed by atoms with Crippen molar-refractivity contribution >= 4 is 48.6 Å². The molecule has 0 saturated carbocycles. The van der Waals surface area contributed by atoms with Crippen LogP contribution < -0.4 is 4.90 Å². The van der Waals surface area contributed by atoms with Crippen LogP contribution in [0.3, 0.4) is 0 Å². The molecule has 2 aliphatic carbocycles. The molecule has 0 bridgehead atoms. The van der Waals surface area contributed by atoms with E-state index >= 15 is 0 Å². The van der Waals surface area contributed by atoms with Crippen molar-refractivity contribution in [3.63, 3.8) is 0 Å². The molecule has 0 unspecified atom stereocenters. The van der Waals surface area contributed by atoms with Gasteiger partial charge in [-0.25, -0.2) is 0 Å². The number of benzene rings is 9. The average molecular weight is 812 g/mol. The van der Waals surface area contributed by atoms with Crippen LogP contribution in [0.25, 0.3) is 75.8 Å². The molecule has 1 nitrogen and oxygen atoms in total. The highest BCUT2D eigenvalue weighted by Gasteiger charge is 2.38. The molecule has 0 atom stereocenters. The van der Waals surface area contributed by atoms with Gasteiger partial charge in [-0.3, -0.25) is 0 Å². The molecule has 0 fully saturated rings. The van der Waals surface area contributed by atoms with Gasteiger partial charge in [0.1, 0.15) is 0 Å². The molecule has 62 heavy (non-hydrogen) atoms. The normalized spacial score (nSPS) is 14.1. The lowest BCUT2D eigenvalue weighted by Crippen LogP contribution is -2.16. The number of nitrogens with zero attached hydrogens (tertiary/aromatic N) is 1. The summed E-state index contributed by atoms with van der Waals surface area (Å²) in [5.41, 5.74) is 21.6. The van der Waals surface area contributed by atoms with E-state index in [2.05, 4.69) is 233 Å². The van der Waals surface area contributed by atoms with Crippen molar-refractivity contribution in [3.05, 3.63) is 222 Å². The third-order valence-electron chi connectivity index (χ3n) is 13.9. The van der Waals surface area contributed by atoms with Crippen LogP contribution in [0.4, 0.5) is 17.1 Å². The topological polar surface area (TPSA) is 3.24 Å². The number of para-hydroxylation sites is 1. The van der Waals surface area contributed by atoms with Crippen LogP contribution in [0.1, 0.15) is 49.9 Å². The van der Waals surface area contributed by atoms with Gasteiger partial charge in [0.05, 0.1) is 5.69 Å². The first-order chi connectivity index (χ1) is 30.3. The minimum atomic E-state index is -0.0973. The molecule has 0 N–H and O–H groups in total. The third kappa shape index (κ3) is 5.46.